The summed E-state index contributed by atoms with van der Waals surface area (Å²) in [5, 5.41) is 9.60. The summed E-state index contributed by atoms with van der Waals surface area (Å²) < 4.78 is 9.65. The lowest BCUT2D eigenvalue weighted by Gasteiger charge is -2.02. The van der Waals surface area contributed by atoms with Gasteiger partial charge in [-0.3, -0.25) is 0 Å². The van der Waals surface area contributed by atoms with E-state index >= 15 is 0 Å². The molecule has 0 aliphatic carbocycles. The number of carbonyl (C=O) groups is 1. The molecule has 0 heterocycles. The first kappa shape index (κ1) is 12.1. The minimum atomic E-state index is -0.559. The van der Waals surface area contributed by atoms with E-state index in [9.17, 15) is 9.90 Å². The second kappa shape index (κ2) is 5.80. The van der Waals surface area contributed by atoms with Gasteiger partial charge in [-0.2, -0.15) is 0 Å². The second-order valence-corrected chi connectivity index (χ2v) is 3.01. The second-order valence-electron chi connectivity index (χ2n) is 3.01. The van der Waals surface area contributed by atoms with Gasteiger partial charge in [0.25, 0.3) is 0 Å². The molecule has 0 atom stereocenters. The molecular weight excluding hydrogens is 208 g/mol. The molecule has 0 amide bonds. The third-order valence-electron chi connectivity index (χ3n) is 1.93. The zero-order valence-corrected chi connectivity index (χ0v) is 9.27. The molecule has 0 aliphatic rings. The molecule has 4 nitrogen and oxygen atoms in total. The molecule has 1 rings (SSSR count). The highest BCUT2D eigenvalue weighted by atomic mass is 16.5. The van der Waals surface area contributed by atoms with E-state index in [0.29, 0.717) is 11.3 Å². The van der Waals surface area contributed by atoms with Crippen LogP contribution in [0.15, 0.2) is 30.3 Å². The Balaban J connectivity index is 2.79. The van der Waals surface area contributed by atoms with Crippen LogP contribution in [-0.4, -0.2) is 24.8 Å². The van der Waals surface area contributed by atoms with Crippen molar-refractivity contribution in [2.24, 2.45) is 0 Å². The van der Waals surface area contributed by atoms with E-state index in [1.165, 1.54) is 0 Å². The van der Waals surface area contributed by atoms with Crippen LogP contribution in [0.1, 0.15) is 12.5 Å². The van der Waals surface area contributed by atoms with Crippen LogP contribution < -0.4 is 4.74 Å². The van der Waals surface area contributed by atoms with E-state index < -0.39 is 5.97 Å². The number of ether oxygens (including phenoxy) is 2. The fourth-order valence-corrected chi connectivity index (χ4v) is 1.14. The van der Waals surface area contributed by atoms with Crippen molar-refractivity contribution < 1.29 is 19.4 Å². The molecule has 0 unspecified atom stereocenters. The normalized spacial score (nSPS) is 11.0. The Kier molecular flexibility index (Phi) is 4.39. The van der Waals surface area contributed by atoms with Gasteiger partial charge in [-0.05, 0) is 31.2 Å². The monoisotopic (exact) mass is 222 g/mol. The lowest BCUT2D eigenvalue weighted by Crippen LogP contribution is -2.00. The van der Waals surface area contributed by atoms with Gasteiger partial charge in [0.1, 0.15) is 11.5 Å². The minimum Gasteiger partial charge on any atom is -0.507 e. The molecule has 0 fully saturated rings. The Morgan fingerprint density at radius 3 is 2.50 bits per heavy atom. The summed E-state index contributed by atoms with van der Waals surface area (Å²) in [5.74, 6) is 0.00426. The van der Waals surface area contributed by atoms with Crippen LogP contribution in [0.4, 0.5) is 0 Å². The predicted molar refractivity (Wildman–Crippen MR) is 60.2 cm³/mol. The molecule has 0 saturated heterocycles. The fourth-order valence-electron chi connectivity index (χ4n) is 1.14. The van der Waals surface area contributed by atoms with Gasteiger partial charge in [-0.15, -0.1) is 0 Å². The number of benzene rings is 1. The van der Waals surface area contributed by atoms with Crippen molar-refractivity contribution in [3.8, 4) is 5.75 Å². The number of aliphatic hydroxyl groups excluding tert-OH is 1. The zero-order chi connectivity index (χ0) is 12.0. The van der Waals surface area contributed by atoms with Gasteiger partial charge >= 0.3 is 5.97 Å². The van der Waals surface area contributed by atoms with Crippen molar-refractivity contribution in [3.63, 3.8) is 0 Å². The quantitative estimate of drug-likeness (QED) is 0.482. The van der Waals surface area contributed by atoms with Gasteiger partial charge in [0.2, 0.25) is 0 Å². The van der Waals surface area contributed by atoms with Gasteiger partial charge in [0, 0.05) is 5.56 Å². The van der Waals surface area contributed by atoms with Gasteiger partial charge in [-0.25, -0.2) is 4.79 Å². The van der Waals surface area contributed by atoms with Crippen LogP contribution >= 0.6 is 0 Å². The number of rotatable bonds is 4. The summed E-state index contributed by atoms with van der Waals surface area (Å²) in [6.07, 6.45) is 1.05. The fraction of sp³-hybridized carbons (Fsp3) is 0.250. The summed E-state index contributed by atoms with van der Waals surface area (Å²) in [6, 6.07) is 6.71. The standard InChI is InChI=1S/C12H14O4/c1-3-16-12(14)8-11(13)9-4-6-10(15-2)7-5-9/h4-8,13H,3H2,1-2H3/b11-8-. The number of methoxy groups -OCH3 is 1. The molecule has 16 heavy (non-hydrogen) atoms. The van der Waals surface area contributed by atoms with E-state index in [1.807, 2.05) is 0 Å². The minimum absolute atomic E-state index is 0.124. The first-order chi connectivity index (χ1) is 7.67. The molecule has 1 aromatic carbocycles. The lowest BCUT2D eigenvalue weighted by molar-refractivity contribution is -0.137. The van der Waals surface area contributed by atoms with Crippen molar-refractivity contribution in [2.45, 2.75) is 6.92 Å². The van der Waals surface area contributed by atoms with Gasteiger partial charge in [0.15, 0.2) is 0 Å². The van der Waals surface area contributed by atoms with Crippen molar-refractivity contribution in [2.75, 3.05) is 13.7 Å². The smallest absolute Gasteiger partial charge is 0.334 e. The Labute approximate surface area is 94.1 Å². The Morgan fingerprint density at radius 1 is 1.38 bits per heavy atom. The maximum absolute atomic E-state index is 11.1. The third kappa shape index (κ3) is 3.31. The Hall–Kier alpha value is -1.97. The topological polar surface area (TPSA) is 55.8 Å². The predicted octanol–water partition coefficient (Wildman–Crippen LogP) is 2.16. The van der Waals surface area contributed by atoms with Crippen molar-refractivity contribution in [1.82, 2.24) is 0 Å². The molecule has 1 aromatic rings. The number of hydrogen-bond acceptors (Lipinski definition) is 4. The molecule has 0 aromatic heterocycles. The number of aliphatic hydroxyl groups is 1. The summed E-state index contributed by atoms with van der Waals surface area (Å²) in [6.45, 7) is 1.99. The van der Waals surface area contributed by atoms with Crippen molar-refractivity contribution >= 4 is 11.7 Å². The zero-order valence-electron chi connectivity index (χ0n) is 9.27. The van der Waals surface area contributed by atoms with E-state index in [0.717, 1.165) is 6.08 Å². The molecular formula is C12H14O4. The Bertz CT molecular complexity index is 379. The van der Waals surface area contributed by atoms with E-state index in [2.05, 4.69) is 4.74 Å². The molecule has 0 bridgehead atoms. The number of esters is 1. The van der Waals surface area contributed by atoms with Crippen LogP contribution in [0.3, 0.4) is 0 Å². The Morgan fingerprint density at radius 2 is 2.00 bits per heavy atom. The SMILES string of the molecule is CCOC(=O)/C=C(\O)c1ccc(OC)cc1. The van der Waals surface area contributed by atoms with E-state index in [1.54, 1.807) is 38.3 Å². The van der Waals surface area contributed by atoms with Crippen molar-refractivity contribution in [3.05, 3.63) is 35.9 Å². The molecule has 0 radical (unpaired) electrons. The maximum Gasteiger partial charge on any atom is 0.334 e. The summed E-state index contributed by atoms with van der Waals surface area (Å²) in [5.41, 5.74) is 0.536. The number of carbonyl (C=O) groups excluding carboxylic acids is 1. The van der Waals surface area contributed by atoms with Gasteiger partial charge in [-0.1, -0.05) is 0 Å². The van der Waals surface area contributed by atoms with E-state index in [-0.39, 0.29) is 12.4 Å². The lowest BCUT2D eigenvalue weighted by atomic mass is 10.2. The molecule has 1 N–H and O–H groups in total. The average Bonchev–Trinajstić information content (AvgIpc) is 2.29. The third-order valence-corrected chi connectivity index (χ3v) is 1.93. The van der Waals surface area contributed by atoms with Crippen LogP contribution in [0.25, 0.3) is 5.76 Å². The average molecular weight is 222 g/mol. The highest BCUT2D eigenvalue weighted by Gasteiger charge is 2.03. The first-order valence-corrected chi connectivity index (χ1v) is 4.89. The first-order valence-electron chi connectivity index (χ1n) is 4.89. The van der Waals surface area contributed by atoms with Crippen molar-refractivity contribution in [1.29, 1.82) is 0 Å². The van der Waals surface area contributed by atoms with Crippen LogP contribution in [0.5, 0.6) is 5.75 Å². The summed E-state index contributed by atoms with van der Waals surface area (Å²) >= 11 is 0. The molecule has 0 aliphatic heterocycles. The molecule has 0 saturated carbocycles. The van der Waals surface area contributed by atoms with E-state index in [4.69, 9.17) is 4.74 Å². The van der Waals surface area contributed by atoms with Gasteiger partial charge in [0.05, 0.1) is 19.8 Å². The van der Waals surface area contributed by atoms with Crippen LogP contribution in [-0.2, 0) is 9.53 Å². The largest absolute Gasteiger partial charge is 0.507 e. The molecule has 0 spiro atoms. The number of hydrogen-bond donors (Lipinski definition) is 1. The van der Waals surface area contributed by atoms with Crippen LogP contribution in [0.2, 0.25) is 0 Å². The highest BCUT2D eigenvalue weighted by Crippen LogP contribution is 2.16. The molecule has 86 valence electrons. The molecule has 4 heteroatoms. The highest BCUT2D eigenvalue weighted by molar-refractivity contribution is 5.89. The maximum atomic E-state index is 11.1. The van der Waals surface area contributed by atoms with Gasteiger partial charge < -0.3 is 14.6 Å². The summed E-state index contributed by atoms with van der Waals surface area (Å²) in [4.78, 5) is 11.1. The van der Waals surface area contributed by atoms with Crippen LogP contribution in [0, 0.1) is 0 Å². The summed E-state index contributed by atoms with van der Waals surface area (Å²) in [7, 11) is 1.56.